The minimum Gasteiger partial charge on any atom is -0.393 e. The fraction of sp³-hybridized carbons (Fsp3) is 1.00. The van der Waals surface area contributed by atoms with Crippen molar-refractivity contribution in [2.45, 2.75) is 80.3 Å². The Balaban J connectivity index is 4.30. The highest BCUT2D eigenvalue weighted by Crippen LogP contribution is 2.35. The Morgan fingerprint density at radius 3 is 1.88 bits per heavy atom. The van der Waals surface area contributed by atoms with Gasteiger partial charge in [0.1, 0.15) is 0 Å². The summed E-state index contributed by atoms with van der Waals surface area (Å²) < 4.78 is 0. The van der Waals surface area contributed by atoms with Gasteiger partial charge in [0.2, 0.25) is 0 Å². The van der Waals surface area contributed by atoms with Gasteiger partial charge in [0.15, 0.2) is 0 Å². The van der Waals surface area contributed by atoms with E-state index in [4.69, 9.17) is 0 Å². The van der Waals surface area contributed by atoms with Crippen LogP contribution in [0, 0.1) is 23.2 Å². The maximum Gasteiger partial charge on any atom is 0.0537 e. The molecule has 0 aliphatic carbocycles. The molecule has 1 N–H and O–H groups in total. The van der Waals surface area contributed by atoms with Crippen LogP contribution in [0.4, 0.5) is 0 Å². The van der Waals surface area contributed by atoms with E-state index in [2.05, 4.69) is 48.5 Å². The van der Waals surface area contributed by atoms with Crippen molar-refractivity contribution in [2.24, 2.45) is 23.2 Å². The average Bonchev–Trinajstić information content (AvgIpc) is 2.20. The third kappa shape index (κ3) is 7.81. The molecule has 104 valence electrons. The van der Waals surface area contributed by atoms with Crippen molar-refractivity contribution in [1.29, 1.82) is 0 Å². The first-order chi connectivity index (χ1) is 7.67. The van der Waals surface area contributed by atoms with E-state index in [1.165, 1.54) is 6.42 Å². The smallest absolute Gasteiger partial charge is 0.0537 e. The summed E-state index contributed by atoms with van der Waals surface area (Å²) >= 11 is 0. The van der Waals surface area contributed by atoms with Crippen molar-refractivity contribution >= 4 is 0 Å². The molecule has 0 aliphatic heterocycles. The second-order valence-corrected chi connectivity index (χ2v) is 7.29. The quantitative estimate of drug-likeness (QED) is 0.674. The Kier molecular flexibility index (Phi) is 7.39. The molecule has 0 fully saturated rings. The van der Waals surface area contributed by atoms with Gasteiger partial charge in [0, 0.05) is 0 Å². The van der Waals surface area contributed by atoms with E-state index in [1.54, 1.807) is 0 Å². The SMILES string of the molecule is CCC(O)CCC(C)C(CC(C)(C)C)C(C)C. The first-order valence-electron chi connectivity index (χ1n) is 7.35. The molecule has 0 aromatic rings. The summed E-state index contributed by atoms with van der Waals surface area (Å²) in [4.78, 5) is 0. The lowest BCUT2D eigenvalue weighted by molar-refractivity contribution is 0.125. The molecule has 1 nitrogen and oxygen atoms in total. The molecule has 0 spiro atoms. The van der Waals surface area contributed by atoms with Crippen LogP contribution in [0.1, 0.15) is 74.1 Å². The van der Waals surface area contributed by atoms with Crippen LogP contribution >= 0.6 is 0 Å². The Labute approximate surface area is 109 Å². The summed E-state index contributed by atoms with van der Waals surface area (Å²) in [6.45, 7) is 16.1. The fourth-order valence-electron chi connectivity index (χ4n) is 2.67. The minimum atomic E-state index is -0.0973. The monoisotopic (exact) mass is 242 g/mol. The highest BCUT2D eigenvalue weighted by molar-refractivity contribution is 4.76. The van der Waals surface area contributed by atoms with Crippen molar-refractivity contribution in [3.63, 3.8) is 0 Å². The molecule has 0 aliphatic rings. The average molecular weight is 242 g/mol. The van der Waals surface area contributed by atoms with Crippen LogP contribution in [0.25, 0.3) is 0 Å². The normalized spacial score (nSPS) is 18.2. The third-order valence-electron chi connectivity index (χ3n) is 3.86. The van der Waals surface area contributed by atoms with Crippen LogP contribution < -0.4 is 0 Å². The number of hydrogen-bond acceptors (Lipinski definition) is 1. The summed E-state index contributed by atoms with van der Waals surface area (Å²) in [5, 5.41) is 9.66. The molecular formula is C16H34O. The van der Waals surface area contributed by atoms with Gasteiger partial charge in [-0.1, -0.05) is 48.5 Å². The van der Waals surface area contributed by atoms with Gasteiger partial charge >= 0.3 is 0 Å². The van der Waals surface area contributed by atoms with Crippen LogP contribution in [-0.4, -0.2) is 11.2 Å². The molecule has 0 aromatic heterocycles. The lowest BCUT2D eigenvalue weighted by Gasteiger charge is -2.33. The molecule has 0 aromatic carbocycles. The largest absolute Gasteiger partial charge is 0.393 e. The third-order valence-corrected chi connectivity index (χ3v) is 3.86. The van der Waals surface area contributed by atoms with Crippen LogP contribution in [-0.2, 0) is 0 Å². The van der Waals surface area contributed by atoms with Crippen molar-refractivity contribution in [2.75, 3.05) is 0 Å². The second kappa shape index (κ2) is 7.41. The van der Waals surface area contributed by atoms with E-state index in [9.17, 15) is 5.11 Å². The second-order valence-electron chi connectivity index (χ2n) is 7.29. The summed E-state index contributed by atoms with van der Waals surface area (Å²) in [5.41, 5.74) is 0.409. The first-order valence-corrected chi connectivity index (χ1v) is 7.35. The molecule has 0 bridgehead atoms. The van der Waals surface area contributed by atoms with E-state index >= 15 is 0 Å². The molecule has 1 heteroatoms. The molecule has 0 rings (SSSR count). The number of hydrogen-bond donors (Lipinski definition) is 1. The Morgan fingerprint density at radius 2 is 1.53 bits per heavy atom. The number of aliphatic hydroxyl groups excluding tert-OH is 1. The van der Waals surface area contributed by atoms with Gasteiger partial charge < -0.3 is 5.11 Å². The van der Waals surface area contributed by atoms with Crippen LogP contribution in [0.15, 0.2) is 0 Å². The van der Waals surface area contributed by atoms with Crippen molar-refractivity contribution in [3.05, 3.63) is 0 Å². The summed E-state index contributed by atoms with van der Waals surface area (Å²) in [6.07, 6.45) is 4.20. The standard InChI is InChI=1S/C16H34O/c1-8-14(17)10-9-13(4)15(12(2)3)11-16(5,6)7/h12-15,17H,8-11H2,1-7H3. The van der Waals surface area contributed by atoms with Crippen molar-refractivity contribution in [3.8, 4) is 0 Å². The molecular weight excluding hydrogens is 208 g/mol. The first kappa shape index (κ1) is 17.0. The zero-order chi connectivity index (χ0) is 13.6. The zero-order valence-corrected chi connectivity index (χ0v) is 13.1. The Bertz CT molecular complexity index is 190. The van der Waals surface area contributed by atoms with Gasteiger partial charge in [0.25, 0.3) is 0 Å². The summed E-state index contributed by atoms with van der Waals surface area (Å²) in [7, 11) is 0. The fourth-order valence-corrected chi connectivity index (χ4v) is 2.67. The topological polar surface area (TPSA) is 20.2 Å². The lowest BCUT2D eigenvalue weighted by Crippen LogP contribution is -2.24. The van der Waals surface area contributed by atoms with E-state index < -0.39 is 0 Å². The number of aliphatic hydroxyl groups is 1. The van der Waals surface area contributed by atoms with Crippen molar-refractivity contribution < 1.29 is 5.11 Å². The predicted molar refractivity (Wildman–Crippen MR) is 77.1 cm³/mol. The van der Waals surface area contributed by atoms with Crippen LogP contribution in [0.5, 0.6) is 0 Å². The summed E-state index contributed by atoms with van der Waals surface area (Å²) in [5.74, 6) is 2.23. The lowest BCUT2D eigenvalue weighted by atomic mass is 9.72. The Morgan fingerprint density at radius 1 is 1.00 bits per heavy atom. The van der Waals surface area contributed by atoms with E-state index in [0.29, 0.717) is 5.41 Å². The van der Waals surface area contributed by atoms with E-state index in [-0.39, 0.29) is 6.10 Å². The molecule has 0 heterocycles. The highest BCUT2D eigenvalue weighted by Gasteiger charge is 2.26. The molecule has 0 saturated heterocycles. The van der Waals surface area contributed by atoms with Crippen molar-refractivity contribution in [1.82, 2.24) is 0 Å². The maximum absolute atomic E-state index is 9.66. The number of rotatable bonds is 7. The summed E-state index contributed by atoms with van der Waals surface area (Å²) in [6, 6.07) is 0. The maximum atomic E-state index is 9.66. The van der Waals surface area contributed by atoms with Gasteiger partial charge in [0.05, 0.1) is 6.10 Å². The zero-order valence-electron chi connectivity index (χ0n) is 13.1. The van der Waals surface area contributed by atoms with Gasteiger partial charge in [-0.3, -0.25) is 0 Å². The van der Waals surface area contributed by atoms with Gasteiger partial charge in [-0.05, 0) is 48.9 Å². The molecule has 17 heavy (non-hydrogen) atoms. The van der Waals surface area contributed by atoms with Gasteiger partial charge in [-0.2, -0.15) is 0 Å². The molecule has 0 amide bonds. The Hall–Kier alpha value is -0.0400. The van der Waals surface area contributed by atoms with Gasteiger partial charge in [-0.15, -0.1) is 0 Å². The van der Waals surface area contributed by atoms with Gasteiger partial charge in [-0.25, -0.2) is 0 Å². The molecule has 3 unspecified atom stereocenters. The van der Waals surface area contributed by atoms with E-state index in [0.717, 1.165) is 37.0 Å². The molecule has 0 radical (unpaired) electrons. The van der Waals surface area contributed by atoms with Crippen LogP contribution in [0.2, 0.25) is 0 Å². The minimum absolute atomic E-state index is 0.0973. The van der Waals surface area contributed by atoms with E-state index in [1.807, 2.05) is 0 Å². The predicted octanol–water partition coefficient (Wildman–Crippen LogP) is 4.88. The molecule has 3 atom stereocenters. The highest BCUT2D eigenvalue weighted by atomic mass is 16.3. The van der Waals surface area contributed by atoms with Crippen LogP contribution in [0.3, 0.4) is 0 Å². The molecule has 0 saturated carbocycles.